The van der Waals surface area contributed by atoms with E-state index in [-0.39, 0.29) is 36.6 Å². The molecule has 0 spiro atoms. The molecule has 224 valence electrons. The van der Waals surface area contributed by atoms with Crippen LogP contribution in [0.1, 0.15) is 44.3 Å². The summed E-state index contributed by atoms with van der Waals surface area (Å²) in [6.45, 7) is 4.50. The van der Waals surface area contributed by atoms with Gasteiger partial charge in [-0.3, -0.25) is 19.7 Å². The maximum absolute atomic E-state index is 13.6. The first-order valence-corrected chi connectivity index (χ1v) is 15.2. The molecule has 1 atom stereocenters. The number of para-hydroxylation sites is 1. The van der Waals surface area contributed by atoms with Gasteiger partial charge in [-0.2, -0.15) is 0 Å². The number of aromatic nitrogens is 1. The number of likely N-dealkylation sites (tertiary alicyclic amines) is 2. The number of carbonyl (C=O) groups is 3. The predicted molar refractivity (Wildman–Crippen MR) is 167 cm³/mol. The molecule has 43 heavy (non-hydrogen) atoms. The highest BCUT2D eigenvalue weighted by molar-refractivity contribution is 6.06. The zero-order chi connectivity index (χ0) is 29.8. The van der Waals surface area contributed by atoms with Crippen molar-refractivity contribution in [2.75, 3.05) is 31.5 Å². The molecule has 1 unspecified atom stereocenters. The Bertz CT molecular complexity index is 1660. The van der Waals surface area contributed by atoms with Gasteiger partial charge < -0.3 is 24.1 Å². The van der Waals surface area contributed by atoms with Crippen LogP contribution in [-0.4, -0.2) is 70.3 Å². The molecule has 0 aliphatic carbocycles. The number of hydrogen-bond donors (Lipinski definition) is 2. The summed E-state index contributed by atoms with van der Waals surface area (Å²) in [6, 6.07) is 17.0. The Hall–Kier alpha value is -4.60. The van der Waals surface area contributed by atoms with Crippen LogP contribution in [0.5, 0.6) is 0 Å². The number of hydrogen-bond acceptors (Lipinski definition) is 5. The SMILES string of the molecule is Cc1cc2cc(NC(=NC3CCCCN(CC(=O)N4CCCC4)C3=O)NC(=O)CCn3ccc4ccccc43)ccc2o1. The number of rotatable bonds is 7. The third-order valence-corrected chi connectivity index (χ3v) is 8.24. The van der Waals surface area contributed by atoms with Crippen LogP contribution in [0, 0.1) is 6.92 Å². The lowest BCUT2D eigenvalue weighted by Crippen LogP contribution is -2.45. The second-order valence-corrected chi connectivity index (χ2v) is 11.4. The minimum atomic E-state index is -0.704. The van der Waals surface area contributed by atoms with Crippen molar-refractivity contribution in [1.29, 1.82) is 0 Å². The summed E-state index contributed by atoms with van der Waals surface area (Å²) >= 11 is 0. The van der Waals surface area contributed by atoms with Crippen LogP contribution in [0.3, 0.4) is 0 Å². The molecule has 2 aromatic heterocycles. The molecule has 3 amide bonds. The number of nitrogens with zero attached hydrogens (tertiary/aromatic N) is 4. The smallest absolute Gasteiger partial charge is 0.247 e. The number of furan rings is 1. The van der Waals surface area contributed by atoms with Gasteiger partial charge in [0.05, 0.1) is 6.54 Å². The third kappa shape index (κ3) is 6.74. The average Bonchev–Trinajstić information content (AvgIpc) is 3.74. The van der Waals surface area contributed by atoms with E-state index in [0.717, 1.165) is 66.4 Å². The number of anilines is 1. The van der Waals surface area contributed by atoms with E-state index in [1.54, 1.807) is 4.90 Å². The first kappa shape index (κ1) is 28.5. The minimum absolute atomic E-state index is 0.0108. The number of aliphatic imine (C=N–C) groups is 1. The Kier molecular flexibility index (Phi) is 8.44. The maximum atomic E-state index is 13.6. The van der Waals surface area contributed by atoms with Gasteiger partial charge in [0.2, 0.25) is 23.7 Å². The van der Waals surface area contributed by atoms with Gasteiger partial charge in [0.25, 0.3) is 0 Å². The van der Waals surface area contributed by atoms with Crippen molar-refractivity contribution in [2.45, 2.75) is 58.0 Å². The molecule has 0 saturated carbocycles. The highest BCUT2D eigenvalue weighted by Gasteiger charge is 2.30. The Labute approximate surface area is 250 Å². The predicted octanol–water partition coefficient (Wildman–Crippen LogP) is 4.67. The van der Waals surface area contributed by atoms with Crippen molar-refractivity contribution >= 4 is 51.2 Å². The standard InChI is InChI=1S/C33H38N6O4/c1-23-20-25-21-26(11-12-29(25)43-23)34-33(36-30(40)14-19-37-18-13-24-8-2-3-10-28(24)37)35-27-9-4-5-17-39(32(27)42)22-31(41)38-15-6-7-16-38/h2-3,8,10-13,18,20-21,27H,4-7,9,14-17,19,22H2,1H3,(H2,34,35,36,40). The third-order valence-electron chi connectivity index (χ3n) is 8.24. The number of aryl methyl sites for hydroxylation is 2. The van der Waals surface area contributed by atoms with Crippen LogP contribution < -0.4 is 10.6 Å². The number of fused-ring (bicyclic) bond motifs is 2. The monoisotopic (exact) mass is 582 g/mol. The zero-order valence-corrected chi connectivity index (χ0v) is 24.6. The molecule has 4 heterocycles. The number of guanidine groups is 1. The average molecular weight is 583 g/mol. The summed E-state index contributed by atoms with van der Waals surface area (Å²) in [6.07, 6.45) is 6.38. The number of amides is 3. The van der Waals surface area contributed by atoms with Gasteiger partial charge in [-0.1, -0.05) is 18.2 Å². The van der Waals surface area contributed by atoms with Crippen molar-refractivity contribution < 1.29 is 18.8 Å². The second kappa shape index (κ2) is 12.7. The van der Waals surface area contributed by atoms with E-state index in [4.69, 9.17) is 9.41 Å². The minimum Gasteiger partial charge on any atom is -0.461 e. The molecule has 2 aromatic carbocycles. The molecule has 2 saturated heterocycles. The van der Waals surface area contributed by atoms with Crippen molar-refractivity contribution in [3.63, 3.8) is 0 Å². The molecular formula is C33H38N6O4. The van der Waals surface area contributed by atoms with E-state index in [0.29, 0.717) is 25.2 Å². The van der Waals surface area contributed by atoms with E-state index in [1.807, 2.05) is 72.6 Å². The van der Waals surface area contributed by atoms with Crippen molar-refractivity contribution in [2.24, 2.45) is 4.99 Å². The van der Waals surface area contributed by atoms with Gasteiger partial charge in [0.1, 0.15) is 17.4 Å². The first-order valence-electron chi connectivity index (χ1n) is 15.2. The second-order valence-electron chi connectivity index (χ2n) is 11.4. The maximum Gasteiger partial charge on any atom is 0.247 e. The Morgan fingerprint density at radius 1 is 0.977 bits per heavy atom. The summed E-state index contributed by atoms with van der Waals surface area (Å²) in [4.78, 5) is 48.0. The fourth-order valence-electron chi connectivity index (χ4n) is 5.99. The van der Waals surface area contributed by atoms with Crippen LogP contribution in [0.4, 0.5) is 5.69 Å². The van der Waals surface area contributed by atoms with Gasteiger partial charge in [-0.25, -0.2) is 4.99 Å². The van der Waals surface area contributed by atoms with E-state index >= 15 is 0 Å². The first-order chi connectivity index (χ1) is 20.9. The normalized spacial score (nSPS) is 17.9. The molecule has 2 fully saturated rings. The van der Waals surface area contributed by atoms with Crippen LogP contribution in [0.2, 0.25) is 0 Å². The Balaban J connectivity index is 1.20. The molecule has 2 N–H and O–H groups in total. The summed E-state index contributed by atoms with van der Waals surface area (Å²) in [5, 5.41) is 8.22. The van der Waals surface area contributed by atoms with Crippen LogP contribution in [0.15, 0.2) is 70.2 Å². The van der Waals surface area contributed by atoms with Gasteiger partial charge in [0, 0.05) is 55.4 Å². The molecule has 4 aromatic rings. The fourth-order valence-corrected chi connectivity index (χ4v) is 5.99. The van der Waals surface area contributed by atoms with Crippen molar-refractivity contribution in [1.82, 2.24) is 19.7 Å². The highest BCUT2D eigenvalue weighted by Crippen LogP contribution is 2.23. The summed E-state index contributed by atoms with van der Waals surface area (Å²) in [5.74, 6) is 0.612. The molecule has 10 heteroatoms. The molecule has 10 nitrogen and oxygen atoms in total. The van der Waals surface area contributed by atoms with Gasteiger partial charge in [-0.15, -0.1) is 0 Å². The van der Waals surface area contributed by atoms with Crippen LogP contribution >= 0.6 is 0 Å². The Morgan fingerprint density at radius 3 is 2.65 bits per heavy atom. The topological polar surface area (TPSA) is 112 Å². The quantitative estimate of drug-likeness (QED) is 0.243. The zero-order valence-electron chi connectivity index (χ0n) is 24.6. The highest BCUT2D eigenvalue weighted by atomic mass is 16.3. The molecule has 6 rings (SSSR count). The molecule has 0 radical (unpaired) electrons. The Morgan fingerprint density at radius 2 is 1.79 bits per heavy atom. The molecule has 2 aliphatic rings. The lowest BCUT2D eigenvalue weighted by Gasteiger charge is -2.25. The summed E-state index contributed by atoms with van der Waals surface area (Å²) in [7, 11) is 0. The number of carbonyl (C=O) groups excluding carboxylic acids is 3. The van der Waals surface area contributed by atoms with E-state index in [1.165, 1.54) is 0 Å². The van der Waals surface area contributed by atoms with Crippen LogP contribution in [0.25, 0.3) is 21.9 Å². The lowest BCUT2D eigenvalue weighted by atomic mass is 10.1. The van der Waals surface area contributed by atoms with E-state index < -0.39 is 6.04 Å². The summed E-state index contributed by atoms with van der Waals surface area (Å²) < 4.78 is 7.76. The van der Waals surface area contributed by atoms with Crippen molar-refractivity contribution in [3.05, 3.63) is 66.6 Å². The van der Waals surface area contributed by atoms with Gasteiger partial charge in [0.15, 0.2) is 0 Å². The van der Waals surface area contributed by atoms with Gasteiger partial charge in [-0.05, 0) is 80.8 Å². The number of benzene rings is 2. The lowest BCUT2D eigenvalue weighted by molar-refractivity contribution is -0.140. The van der Waals surface area contributed by atoms with Crippen LogP contribution in [-0.2, 0) is 20.9 Å². The van der Waals surface area contributed by atoms with Gasteiger partial charge >= 0.3 is 0 Å². The molecular weight excluding hydrogens is 544 g/mol. The van der Waals surface area contributed by atoms with Crippen molar-refractivity contribution in [3.8, 4) is 0 Å². The number of nitrogens with one attached hydrogen (secondary N) is 2. The summed E-state index contributed by atoms with van der Waals surface area (Å²) in [5.41, 5.74) is 2.55. The fraction of sp³-hybridized carbons (Fsp3) is 0.394. The largest absolute Gasteiger partial charge is 0.461 e. The molecule has 0 bridgehead atoms. The van der Waals surface area contributed by atoms with E-state index in [2.05, 4.69) is 15.2 Å². The van der Waals surface area contributed by atoms with E-state index in [9.17, 15) is 14.4 Å². The molecule has 2 aliphatic heterocycles.